The second kappa shape index (κ2) is 3.13. The lowest BCUT2D eigenvalue weighted by Gasteiger charge is -2.42. The molecule has 1 aromatic rings. The first-order valence-electron chi connectivity index (χ1n) is 5.10. The number of hydrogen-bond donors (Lipinski definition) is 2. The fraction of sp³-hybridized carbons (Fsp3) is 0.500. The smallest absolute Gasteiger partial charge is 0.0765 e. The molecule has 4 nitrogen and oxygen atoms in total. The molecule has 0 spiro atoms. The minimum atomic E-state index is 0.596. The van der Waals surface area contributed by atoms with Gasteiger partial charge in [-0.2, -0.15) is 0 Å². The SMILES string of the molecule is c1cc2c(cn1)NCC1CNCCN21. The van der Waals surface area contributed by atoms with Crippen LogP contribution in [0.2, 0.25) is 0 Å². The Hall–Kier alpha value is -1.29. The van der Waals surface area contributed by atoms with Gasteiger partial charge in [0.25, 0.3) is 0 Å². The Morgan fingerprint density at radius 3 is 3.43 bits per heavy atom. The number of rotatable bonds is 0. The van der Waals surface area contributed by atoms with Crippen molar-refractivity contribution in [1.29, 1.82) is 0 Å². The van der Waals surface area contributed by atoms with Gasteiger partial charge >= 0.3 is 0 Å². The third kappa shape index (κ3) is 1.14. The van der Waals surface area contributed by atoms with E-state index in [1.165, 1.54) is 11.4 Å². The maximum atomic E-state index is 4.13. The van der Waals surface area contributed by atoms with E-state index in [2.05, 4.69) is 26.6 Å². The molecule has 3 heterocycles. The second-order valence-electron chi connectivity index (χ2n) is 3.83. The third-order valence-electron chi connectivity index (χ3n) is 2.99. The van der Waals surface area contributed by atoms with Gasteiger partial charge in [-0.3, -0.25) is 4.98 Å². The molecule has 0 aromatic carbocycles. The summed E-state index contributed by atoms with van der Waals surface area (Å²) in [6.45, 7) is 4.28. The van der Waals surface area contributed by atoms with E-state index in [0.717, 1.165) is 26.2 Å². The van der Waals surface area contributed by atoms with E-state index in [4.69, 9.17) is 0 Å². The Balaban J connectivity index is 1.99. The summed E-state index contributed by atoms with van der Waals surface area (Å²) in [7, 11) is 0. The molecule has 0 radical (unpaired) electrons. The standard InChI is InChI=1S/C10H14N4/c1-2-11-7-9-10(1)14-4-3-12-5-8(14)6-13-9/h1-2,7-8,12-13H,3-6H2. The topological polar surface area (TPSA) is 40.2 Å². The molecule has 0 saturated carbocycles. The Bertz CT molecular complexity index is 339. The number of piperazine rings is 1. The van der Waals surface area contributed by atoms with E-state index < -0.39 is 0 Å². The van der Waals surface area contributed by atoms with Crippen LogP contribution in [0.4, 0.5) is 11.4 Å². The van der Waals surface area contributed by atoms with Crippen molar-refractivity contribution in [2.24, 2.45) is 0 Å². The van der Waals surface area contributed by atoms with Gasteiger partial charge in [-0.25, -0.2) is 0 Å². The number of nitrogens with one attached hydrogen (secondary N) is 2. The van der Waals surface area contributed by atoms with Crippen molar-refractivity contribution >= 4 is 11.4 Å². The molecule has 74 valence electrons. The molecule has 0 aliphatic carbocycles. The molecule has 0 bridgehead atoms. The average Bonchev–Trinajstić information content (AvgIpc) is 2.29. The van der Waals surface area contributed by atoms with Gasteiger partial charge in [0.15, 0.2) is 0 Å². The van der Waals surface area contributed by atoms with Crippen molar-refractivity contribution in [1.82, 2.24) is 10.3 Å². The molecule has 4 heteroatoms. The molecule has 1 fully saturated rings. The normalized spacial score (nSPS) is 24.9. The summed E-state index contributed by atoms with van der Waals surface area (Å²) in [5, 5.41) is 6.84. The number of anilines is 2. The first kappa shape index (κ1) is 8.05. The molecule has 3 rings (SSSR count). The number of nitrogens with zero attached hydrogens (tertiary/aromatic N) is 2. The highest BCUT2D eigenvalue weighted by Gasteiger charge is 2.27. The van der Waals surface area contributed by atoms with Gasteiger partial charge < -0.3 is 15.5 Å². The van der Waals surface area contributed by atoms with Crippen LogP contribution in [0.25, 0.3) is 0 Å². The maximum Gasteiger partial charge on any atom is 0.0765 e. The summed E-state index contributed by atoms with van der Waals surface area (Å²) >= 11 is 0. The van der Waals surface area contributed by atoms with Crippen molar-refractivity contribution in [3.05, 3.63) is 18.5 Å². The van der Waals surface area contributed by atoms with E-state index in [9.17, 15) is 0 Å². The molecule has 1 unspecified atom stereocenters. The zero-order chi connectivity index (χ0) is 9.38. The summed E-state index contributed by atoms with van der Waals surface area (Å²) in [6, 6.07) is 2.69. The zero-order valence-electron chi connectivity index (χ0n) is 8.03. The Labute approximate surface area is 83.3 Å². The molecule has 2 N–H and O–H groups in total. The Morgan fingerprint density at radius 2 is 2.43 bits per heavy atom. The van der Waals surface area contributed by atoms with E-state index in [-0.39, 0.29) is 0 Å². The van der Waals surface area contributed by atoms with Crippen LogP contribution >= 0.6 is 0 Å². The number of pyridine rings is 1. The number of hydrogen-bond acceptors (Lipinski definition) is 4. The molecule has 0 amide bonds. The highest BCUT2D eigenvalue weighted by atomic mass is 15.3. The fourth-order valence-corrected chi connectivity index (χ4v) is 2.26. The molecule has 2 aliphatic rings. The van der Waals surface area contributed by atoms with Gasteiger partial charge in [-0.1, -0.05) is 0 Å². The summed E-state index contributed by atoms with van der Waals surface area (Å²) in [5.41, 5.74) is 2.48. The van der Waals surface area contributed by atoms with E-state index in [1.807, 2.05) is 12.4 Å². The monoisotopic (exact) mass is 190 g/mol. The highest BCUT2D eigenvalue weighted by molar-refractivity contribution is 5.71. The maximum absolute atomic E-state index is 4.13. The van der Waals surface area contributed by atoms with Crippen molar-refractivity contribution in [3.8, 4) is 0 Å². The quantitative estimate of drug-likeness (QED) is 0.616. The van der Waals surface area contributed by atoms with E-state index in [0.29, 0.717) is 6.04 Å². The Morgan fingerprint density at radius 1 is 1.43 bits per heavy atom. The Kier molecular flexibility index (Phi) is 1.80. The second-order valence-corrected chi connectivity index (χ2v) is 3.83. The highest BCUT2D eigenvalue weighted by Crippen LogP contribution is 2.30. The van der Waals surface area contributed by atoms with Crippen molar-refractivity contribution < 1.29 is 0 Å². The lowest BCUT2D eigenvalue weighted by atomic mass is 10.1. The van der Waals surface area contributed by atoms with Crippen molar-refractivity contribution in [2.45, 2.75) is 6.04 Å². The molecule has 1 atom stereocenters. The number of aromatic nitrogens is 1. The van der Waals surface area contributed by atoms with Crippen LogP contribution in [0.15, 0.2) is 18.5 Å². The average molecular weight is 190 g/mol. The summed E-state index contributed by atoms with van der Waals surface area (Å²) in [6.07, 6.45) is 3.78. The first-order chi connectivity index (χ1) is 6.95. The van der Waals surface area contributed by atoms with Crippen LogP contribution < -0.4 is 15.5 Å². The lowest BCUT2D eigenvalue weighted by molar-refractivity contribution is 0.482. The van der Waals surface area contributed by atoms with Gasteiger partial charge in [-0.15, -0.1) is 0 Å². The molecule has 1 aromatic heterocycles. The van der Waals surface area contributed by atoms with Gasteiger partial charge in [0.1, 0.15) is 0 Å². The van der Waals surface area contributed by atoms with Crippen LogP contribution in [0, 0.1) is 0 Å². The van der Waals surface area contributed by atoms with Crippen LogP contribution in [0.3, 0.4) is 0 Å². The van der Waals surface area contributed by atoms with E-state index in [1.54, 1.807) is 0 Å². The van der Waals surface area contributed by atoms with Crippen molar-refractivity contribution in [3.63, 3.8) is 0 Å². The zero-order valence-corrected chi connectivity index (χ0v) is 8.03. The molecular weight excluding hydrogens is 176 g/mol. The van der Waals surface area contributed by atoms with Crippen LogP contribution in [0.1, 0.15) is 0 Å². The van der Waals surface area contributed by atoms with Gasteiger partial charge in [0, 0.05) is 32.4 Å². The van der Waals surface area contributed by atoms with E-state index >= 15 is 0 Å². The summed E-state index contributed by atoms with van der Waals surface area (Å²) in [5.74, 6) is 0. The molecule has 2 aliphatic heterocycles. The molecule has 14 heavy (non-hydrogen) atoms. The first-order valence-corrected chi connectivity index (χ1v) is 5.10. The van der Waals surface area contributed by atoms with Crippen LogP contribution in [-0.4, -0.2) is 37.2 Å². The molecule has 1 saturated heterocycles. The van der Waals surface area contributed by atoms with Crippen LogP contribution in [0.5, 0.6) is 0 Å². The van der Waals surface area contributed by atoms with Crippen molar-refractivity contribution in [2.75, 3.05) is 36.4 Å². The number of fused-ring (bicyclic) bond motifs is 3. The van der Waals surface area contributed by atoms with Gasteiger partial charge in [0.05, 0.1) is 23.6 Å². The third-order valence-corrected chi connectivity index (χ3v) is 2.99. The fourth-order valence-electron chi connectivity index (χ4n) is 2.26. The van der Waals surface area contributed by atoms with Gasteiger partial charge in [0.2, 0.25) is 0 Å². The molecular formula is C10H14N4. The van der Waals surface area contributed by atoms with Gasteiger partial charge in [-0.05, 0) is 6.07 Å². The predicted molar refractivity (Wildman–Crippen MR) is 56.7 cm³/mol. The largest absolute Gasteiger partial charge is 0.380 e. The minimum Gasteiger partial charge on any atom is -0.380 e. The lowest BCUT2D eigenvalue weighted by Crippen LogP contribution is -2.56. The summed E-state index contributed by atoms with van der Waals surface area (Å²) < 4.78 is 0. The summed E-state index contributed by atoms with van der Waals surface area (Å²) in [4.78, 5) is 6.61. The minimum absolute atomic E-state index is 0.596. The predicted octanol–water partition coefficient (Wildman–Crippen LogP) is 0.285. The van der Waals surface area contributed by atoms with Crippen LogP contribution in [-0.2, 0) is 0 Å².